The van der Waals surface area contributed by atoms with E-state index in [4.69, 9.17) is 5.73 Å². The van der Waals surface area contributed by atoms with Crippen molar-refractivity contribution in [2.75, 3.05) is 6.54 Å². The first-order valence-corrected chi connectivity index (χ1v) is 7.07. The standard InChI is InChI=1S/C16H26N2O/c1-12(2)9-14(11-17)10-16(19)18-13(3)15-7-5-4-6-8-15/h4-8,12-14H,9-11,17H2,1-3H3,(H,18,19)/t13-,14-/m0/s1. The van der Waals surface area contributed by atoms with E-state index >= 15 is 0 Å². The predicted molar refractivity (Wildman–Crippen MR) is 79.6 cm³/mol. The largest absolute Gasteiger partial charge is 0.350 e. The molecule has 0 bridgehead atoms. The Hall–Kier alpha value is -1.35. The first-order chi connectivity index (χ1) is 9.02. The summed E-state index contributed by atoms with van der Waals surface area (Å²) >= 11 is 0. The third-order valence-corrected chi connectivity index (χ3v) is 3.29. The van der Waals surface area contributed by atoms with Crippen LogP contribution in [0.25, 0.3) is 0 Å². The first kappa shape index (κ1) is 15.7. The maximum Gasteiger partial charge on any atom is 0.220 e. The van der Waals surface area contributed by atoms with Crippen LogP contribution < -0.4 is 11.1 Å². The van der Waals surface area contributed by atoms with Gasteiger partial charge in [-0.2, -0.15) is 0 Å². The number of nitrogens with two attached hydrogens (primary N) is 1. The van der Waals surface area contributed by atoms with Gasteiger partial charge < -0.3 is 11.1 Å². The zero-order valence-electron chi connectivity index (χ0n) is 12.2. The van der Waals surface area contributed by atoms with Crippen molar-refractivity contribution in [3.05, 3.63) is 35.9 Å². The van der Waals surface area contributed by atoms with Crippen LogP contribution in [0.5, 0.6) is 0 Å². The number of benzene rings is 1. The molecular weight excluding hydrogens is 236 g/mol. The summed E-state index contributed by atoms with van der Waals surface area (Å²) in [7, 11) is 0. The lowest BCUT2D eigenvalue weighted by Gasteiger charge is -2.19. The number of rotatable bonds is 7. The Balaban J connectivity index is 2.46. The fraction of sp³-hybridized carbons (Fsp3) is 0.562. The molecule has 0 spiro atoms. The Morgan fingerprint density at radius 2 is 1.84 bits per heavy atom. The maximum absolute atomic E-state index is 12.0. The number of hydrogen-bond donors (Lipinski definition) is 2. The van der Waals surface area contributed by atoms with Crippen molar-refractivity contribution in [1.82, 2.24) is 5.32 Å². The van der Waals surface area contributed by atoms with Crippen molar-refractivity contribution in [2.24, 2.45) is 17.6 Å². The van der Waals surface area contributed by atoms with Crippen molar-refractivity contribution in [3.8, 4) is 0 Å². The summed E-state index contributed by atoms with van der Waals surface area (Å²) < 4.78 is 0. The molecule has 0 radical (unpaired) electrons. The van der Waals surface area contributed by atoms with Gasteiger partial charge in [-0.25, -0.2) is 0 Å². The van der Waals surface area contributed by atoms with E-state index in [0.717, 1.165) is 12.0 Å². The van der Waals surface area contributed by atoms with Crippen LogP contribution in [-0.4, -0.2) is 12.5 Å². The van der Waals surface area contributed by atoms with Crippen LogP contribution in [0.1, 0.15) is 45.2 Å². The van der Waals surface area contributed by atoms with Gasteiger partial charge in [0.2, 0.25) is 5.91 Å². The van der Waals surface area contributed by atoms with Crippen molar-refractivity contribution in [3.63, 3.8) is 0 Å². The summed E-state index contributed by atoms with van der Waals surface area (Å²) in [5, 5.41) is 3.04. The molecule has 0 aliphatic carbocycles. The molecule has 3 N–H and O–H groups in total. The van der Waals surface area contributed by atoms with Crippen molar-refractivity contribution >= 4 is 5.91 Å². The molecule has 1 aromatic rings. The van der Waals surface area contributed by atoms with Crippen LogP contribution in [0.15, 0.2) is 30.3 Å². The average Bonchev–Trinajstić information content (AvgIpc) is 2.38. The molecule has 0 heterocycles. The van der Waals surface area contributed by atoms with E-state index < -0.39 is 0 Å². The first-order valence-electron chi connectivity index (χ1n) is 7.07. The summed E-state index contributed by atoms with van der Waals surface area (Å²) in [6.45, 7) is 6.90. The highest BCUT2D eigenvalue weighted by atomic mass is 16.1. The van der Waals surface area contributed by atoms with Crippen LogP contribution in [0.2, 0.25) is 0 Å². The van der Waals surface area contributed by atoms with Gasteiger partial charge in [-0.15, -0.1) is 0 Å². The van der Waals surface area contributed by atoms with Crippen LogP contribution in [0, 0.1) is 11.8 Å². The molecule has 3 nitrogen and oxygen atoms in total. The average molecular weight is 262 g/mol. The molecule has 0 aromatic heterocycles. The molecule has 0 fully saturated rings. The van der Waals surface area contributed by atoms with Gasteiger partial charge in [0.25, 0.3) is 0 Å². The van der Waals surface area contributed by atoms with Gasteiger partial charge in [-0.05, 0) is 37.3 Å². The van der Waals surface area contributed by atoms with Crippen molar-refractivity contribution in [2.45, 2.75) is 39.7 Å². The maximum atomic E-state index is 12.0. The topological polar surface area (TPSA) is 55.1 Å². The quantitative estimate of drug-likeness (QED) is 0.794. The van der Waals surface area contributed by atoms with E-state index in [1.165, 1.54) is 0 Å². The zero-order chi connectivity index (χ0) is 14.3. The second-order valence-electron chi connectivity index (χ2n) is 5.64. The number of nitrogens with one attached hydrogen (secondary N) is 1. The molecule has 2 atom stereocenters. The fourth-order valence-electron chi connectivity index (χ4n) is 2.32. The van der Waals surface area contributed by atoms with Crippen molar-refractivity contribution < 1.29 is 4.79 Å². The highest BCUT2D eigenvalue weighted by Crippen LogP contribution is 2.16. The minimum atomic E-state index is 0.0474. The monoisotopic (exact) mass is 262 g/mol. The van der Waals surface area contributed by atoms with E-state index in [-0.39, 0.29) is 17.9 Å². The lowest BCUT2D eigenvalue weighted by atomic mass is 9.94. The summed E-state index contributed by atoms with van der Waals surface area (Å²) in [4.78, 5) is 12.0. The minimum Gasteiger partial charge on any atom is -0.350 e. The fourth-order valence-corrected chi connectivity index (χ4v) is 2.32. The summed E-state index contributed by atoms with van der Waals surface area (Å²) in [6, 6.07) is 10.1. The zero-order valence-corrected chi connectivity index (χ0v) is 12.2. The number of hydrogen-bond acceptors (Lipinski definition) is 2. The summed E-state index contributed by atoms with van der Waals surface area (Å²) in [5.41, 5.74) is 6.86. The molecule has 0 aliphatic heterocycles. The highest BCUT2D eigenvalue weighted by molar-refractivity contribution is 5.76. The lowest BCUT2D eigenvalue weighted by molar-refractivity contribution is -0.122. The Morgan fingerprint density at radius 3 is 2.37 bits per heavy atom. The molecule has 3 heteroatoms. The smallest absolute Gasteiger partial charge is 0.220 e. The van der Waals surface area contributed by atoms with Gasteiger partial charge in [-0.1, -0.05) is 44.2 Å². The Labute approximate surface area is 116 Å². The van der Waals surface area contributed by atoms with E-state index in [9.17, 15) is 4.79 Å². The van der Waals surface area contributed by atoms with Crippen LogP contribution in [0.3, 0.4) is 0 Å². The second-order valence-corrected chi connectivity index (χ2v) is 5.64. The van der Waals surface area contributed by atoms with E-state index in [2.05, 4.69) is 19.2 Å². The highest BCUT2D eigenvalue weighted by Gasteiger charge is 2.16. The van der Waals surface area contributed by atoms with E-state index in [1.54, 1.807) is 0 Å². The molecule has 0 unspecified atom stereocenters. The van der Waals surface area contributed by atoms with Gasteiger partial charge in [0.1, 0.15) is 0 Å². The predicted octanol–water partition coefficient (Wildman–Crippen LogP) is 2.87. The van der Waals surface area contributed by atoms with Gasteiger partial charge in [0.05, 0.1) is 6.04 Å². The SMILES string of the molecule is CC(C)C[C@H](CN)CC(=O)N[C@@H](C)c1ccccc1. The Bertz CT molecular complexity index is 376. The summed E-state index contributed by atoms with van der Waals surface area (Å²) in [6.07, 6.45) is 1.52. The number of carbonyl (C=O) groups excluding carboxylic acids is 1. The molecule has 1 aromatic carbocycles. The van der Waals surface area contributed by atoms with Crippen molar-refractivity contribution in [1.29, 1.82) is 0 Å². The van der Waals surface area contributed by atoms with E-state index in [1.807, 2.05) is 37.3 Å². The molecular formula is C16H26N2O. The molecule has 1 rings (SSSR count). The third-order valence-electron chi connectivity index (χ3n) is 3.29. The second kappa shape index (κ2) is 7.95. The number of carbonyl (C=O) groups is 1. The molecule has 0 saturated carbocycles. The van der Waals surface area contributed by atoms with Crippen LogP contribution in [0.4, 0.5) is 0 Å². The van der Waals surface area contributed by atoms with Gasteiger partial charge in [-0.3, -0.25) is 4.79 Å². The lowest BCUT2D eigenvalue weighted by Crippen LogP contribution is -2.30. The molecule has 0 aliphatic rings. The number of amides is 1. The van der Waals surface area contributed by atoms with Crippen LogP contribution >= 0.6 is 0 Å². The Kier molecular flexibility index (Phi) is 6.57. The van der Waals surface area contributed by atoms with Crippen LogP contribution in [-0.2, 0) is 4.79 Å². The van der Waals surface area contributed by atoms with E-state index in [0.29, 0.717) is 18.9 Å². The molecule has 106 valence electrons. The molecule has 0 saturated heterocycles. The summed E-state index contributed by atoms with van der Waals surface area (Å²) in [5.74, 6) is 0.948. The van der Waals surface area contributed by atoms with Gasteiger partial charge in [0.15, 0.2) is 0 Å². The van der Waals surface area contributed by atoms with Gasteiger partial charge in [0, 0.05) is 6.42 Å². The van der Waals surface area contributed by atoms with Gasteiger partial charge >= 0.3 is 0 Å². The molecule has 1 amide bonds. The Morgan fingerprint density at radius 1 is 1.21 bits per heavy atom. The molecule has 19 heavy (non-hydrogen) atoms. The minimum absolute atomic E-state index is 0.0474. The normalized spacial score (nSPS) is 14.2. The third kappa shape index (κ3) is 5.88.